The molecule has 1 aromatic heterocycles. The quantitative estimate of drug-likeness (QED) is 0.770. The maximum absolute atomic E-state index is 12.6. The van der Waals surface area contributed by atoms with Gasteiger partial charge in [0.1, 0.15) is 6.04 Å². The summed E-state index contributed by atoms with van der Waals surface area (Å²) in [6.07, 6.45) is 4.66. The summed E-state index contributed by atoms with van der Waals surface area (Å²) in [5.74, 6) is -1.56. The Labute approximate surface area is 147 Å². The van der Waals surface area contributed by atoms with Gasteiger partial charge in [0.05, 0.1) is 12.7 Å². The maximum atomic E-state index is 12.6. The molecular formula is C19H25N3O3. The zero-order valence-electron chi connectivity index (χ0n) is 14.9. The van der Waals surface area contributed by atoms with Crippen molar-refractivity contribution in [2.45, 2.75) is 46.2 Å². The smallest absolute Gasteiger partial charge is 0.328 e. The highest BCUT2D eigenvalue weighted by Gasteiger charge is 2.25. The van der Waals surface area contributed by atoms with Gasteiger partial charge >= 0.3 is 5.97 Å². The Morgan fingerprint density at radius 1 is 1.28 bits per heavy atom. The van der Waals surface area contributed by atoms with Crippen LogP contribution in [-0.4, -0.2) is 32.8 Å². The van der Waals surface area contributed by atoms with Crippen LogP contribution in [-0.2, 0) is 22.6 Å². The first-order chi connectivity index (χ1) is 11.9. The zero-order valence-corrected chi connectivity index (χ0v) is 14.9. The van der Waals surface area contributed by atoms with E-state index in [1.54, 1.807) is 12.4 Å². The fraction of sp³-hybridized carbons (Fsp3) is 0.421. The molecule has 0 aliphatic rings. The minimum Gasteiger partial charge on any atom is -0.480 e. The van der Waals surface area contributed by atoms with E-state index in [1.807, 2.05) is 45.0 Å². The van der Waals surface area contributed by atoms with E-state index in [0.717, 1.165) is 16.7 Å². The molecule has 0 fully saturated rings. The number of carboxylic acid groups (broad SMARTS) is 1. The number of benzene rings is 1. The van der Waals surface area contributed by atoms with Gasteiger partial charge in [-0.3, -0.25) is 9.48 Å². The Kier molecular flexibility index (Phi) is 6.33. The molecule has 0 saturated heterocycles. The summed E-state index contributed by atoms with van der Waals surface area (Å²) in [4.78, 5) is 24.1. The SMILES string of the molecule is CCC(Cc1ccccc1C)C(=O)NC(Cn1cc(C)cn1)C(=O)O. The first-order valence-electron chi connectivity index (χ1n) is 8.47. The summed E-state index contributed by atoms with van der Waals surface area (Å²) in [5, 5.41) is 16.2. The van der Waals surface area contributed by atoms with Crippen LogP contribution >= 0.6 is 0 Å². The topological polar surface area (TPSA) is 84.2 Å². The van der Waals surface area contributed by atoms with Crippen LogP contribution in [0.1, 0.15) is 30.0 Å². The Morgan fingerprint density at radius 2 is 2.00 bits per heavy atom. The molecule has 0 aliphatic carbocycles. The third kappa shape index (κ3) is 5.17. The molecule has 0 radical (unpaired) electrons. The molecule has 2 rings (SSSR count). The normalized spacial score (nSPS) is 13.2. The van der Waals surface area contributed by atoms with Crippen LogP contribution in [0.3, 0.4) is 0 Å². The van der Waals surface area contributed by atoms with E-state index in [2.05, 4.69) is 10.4 Å². The lowest BCUT2D eigenvalue weighted by molar-refractivity contribution is -0.143. The summed E-state index contributed by atoms with van der Waals surface area (Å²) < 4.78 is 1.54. The van der Waals surface area contributed by atoms with Crippen LogP contribution in [0.15, 0.2) is 36.7 Å². The molecule has 1 heterocycles. The van der Waals surface area contributed by atoms with Gasteiger partial charge in [0, 0.05) is 12.1 Å². The molecule has 1 aromatic carbocycles. The van der Waals surface area contributed by atoms with Crippen molar-refractivity contribution >= 4 is 11.9 Å². The number of amides is 1. The number of hydrogen-bond donors (Lipinski definition) is 2. The highest BCUT2D eigenvalue weighted by molar-refractivity contribution is 5.85. The largest absolute Gasteiger partial charge is 0.480 e. The summed E-state index contributed by atoms with van der Waals surface area (Å²) in [6.45, 7) is 5.94. The number of hydrogen-bond acceptors (Lipinski definition) is 3. The van der Waals surface area contributed by atoms with Crippen molar-refractivity contribution in [2.75, 3.05) is 0 Å². The van der Waals surface area contributed by atoms with E-state index in [1.165, 1.54) is 4.68 Å². The van der Waals surface area contributed by atoms with Gasteiger partial charge in [-0.15, -0.1) is 0 Å². The lowest BCUT2D eigenvalue weighted by Gasteiger charge is -2.20. The molecule has 0 aliphatic heterocycles. The van der Waals surface area contributed by atoms with Gasteiger partial charge in [-0.2, -0.15) is 5.10 Å². The molecular weight excluding hydrogens is 318 g/mol. The van der Waals surface area contributed by atoms with Gasteiger partial charge in [0.25, 0.3) is 0 Å². The number of aromatic nitrogens is 2. The predicted molar refractivity (Wildman–Crippen MR) is 95.2 cm³/mol. The second-order valence-corrected chi connectivity index (χ2v) is 6.37. The monoisotopic (exact) mass is 343 g/mol. The number of carbonyl (C=O) groups excluding carboxylic acids is 1. The number of carbonyl (C=O) groups is 2. The van der Waals surface area contributed by atoms with Crippen molar-refractivity contribution < 1.29 is 14.7 Å². The number of aliphatic carboxylic acids is 1. The average molecular weight is 343 g/mol. The van der Waals surface area contributed by atoms with Crippen LogP contribution in [0.4, 0.5) is 0 Å². The molecule has 1 amide bonds. The molecule has 2 unspecified atom stereocenters. The van der Waals surface area contributed by atoms with Crippen LogP contribution in [0.25, 0.3) is 0 Å². The Hall–Kier alpha value is -2.63. The van der Waals surface area contributed by atoms with Gasteiger partial charge in [-0.1, -0.05) is 31.2 Å². The van der Waals surface area contributed by atoms with E-state index in [-0.39, 0.29) is 18.4 Å². The van der Waals surface area contributed by atoms with Crippen molar-refractivity contribution in [3.63, 3.8) is 0 Å². The number of aryl methyl sites for hydroxylation is 2. The zero-order chi connectivity index (χ0) is 18.4. The fourth-order valence-electron chi connectivity index (χ4n) is 2.76. The van der Waals surface area contributed by atoms with Crippen molar-refractivity contribution in [1.29, 1.82) is 0 Å². The average Bonchev–Trinajstić information content (AvgIpc) is 2.98. The van der Waals surface area contributed by atoms with E-state index in [4.69, 9.17) is 0 Å². The van der Waals surface area contributed by atoms with Crippen LogP contribution in [0.2, 0.25) is 0 Å². The molecule has 0 saturated carbocycles. The second kappa shape index (κ2) is 8.46. The Bertz CT molecular complexity index is 739. The lowest BCUT2D eigenvalue weighted by Crippen LogP contribution is -2.46. The third-order valence-corrected chi connectivity index (χ3v) is 4.34. The van der Waals surface area contributed by atoms with Crippen LogP contribution < -0.4 is 5.32 Å². The van der Waals surface area contributed by atoms with Crippen LogP contribution in [0.5, 0.6) is 0 Å². The van der Waals surface area contributed by atoms with E-state index >= 15 is 0 Å². The standard InChI is InChI=1S/C19H25N3O3/c1-4-15(9-16-8-6-5-7-14(16)3)18(23)21-17(19(24)25)12-22-11-13(2)10-20-22/h5-8,10-11,15,17H,4,9,12H2,1-3H3,(H,21,23)(H,24,25). The number of carboxylic acids is 1. The molecule has 2 N–H and O–H groups in total. The van der Waals surface area contributed by atoms with E-state index < -0.39 is 12.0 Å². The lowest BCUT2D eigenvalue weighted by atomic mass is 9.93. The fourth-order valence-corrected chi connectivity index (χ4v) is 2.76. The van der Waals surface area contributed by atoms with Gasteiger partial charge in [0.2, 0.25) is 5.91 Å². The molecule has 0 bridgehead atoms. The molecule has 2 aromatic rings. The number of rotatable bonds is 8. The number of nitrogens with one attached hydrogen (secondary N) is 1. The maximum Gasteiger partial charge on any atom is 0.328 e. The molecule has 0 spiro atoms. The van der Waals surface area contributed by atoms with Crippen LogP contribution in [0, 0.1) is 19.8 Å². The third-order valence-electron chi connectivity index (χ3n) is 4.34. The summed E-state index contributed by atoms with van der Waals surface area (Å²) in [6, 6.07) is 6.93. The molecule has 6 heteroatoms. The first kappa shape index (κ1) is 18.7. The van der Waals surface area contributed by atoms with Gasteiger partial charge in [-0.05, 0) is 43.4 Å². The second-order valence-electron chi connectivity index (χ2n) is 6.37. The highest BCUT2D eigenvalue weighted by atomic mass is 16.4. The van der Waals surface area contributed by atoms with Gasteiger partial charge in [-0.25, -0.2) is 4.79 Å². The predicted octanol–water partition coefficient (Wildman–Crippen LogP) is 2.34. The van der Waals surface area contributed by atoms with Crippen molar-refractivity contribution in [3.05, 3.63) is 53.3 Å². The highest BCUT2D eigenvalue weighted by Crippen LogP contribution is 2.16. The van der Waals surface area contributed by atoms with E-state index in [0.29, 0.717) is 12.8 Å². The van der Waals surface area contributed by atoms with Crippen molar-refractivity contribution in [3.8, 4) is 0 Å². The first-order valence-corrected chi connectivity index (χ1v) is 8.47. The molecule has 134 valence electrons. The Morgan fingerprint density at radius 3 is 2.56 bits per heavy atom. The minimum absolute atomic E-state index is 0.107. The molecule has 2 atom stereocenters. The van der Waals surface area contributed by atoms with Gasteiger partial charge in [0.15, 0.2) is 0 Å². The summed E-state index contributed by atoms with van der Waals surface area (Å²) >= 11 is 0. The Balaban J connectivity index is 2.05. The summed E-state index contributed by atoms with van der Waals surface area (Å²) in [5.41, 5.74) is 3.19. The molecule has 6 nitrogen and oxygen atoms in total. The number of nitrogens with zero attached hydrogens (tertiary/aromatic N) is 2. The molecule has 25 heavy (non-hydrogen) atoms. The van der Waals surface area contributed by atoms with E-state index in [9.17, 15) is 14.7 Å². The van der Waals surface area contributed by atoms with Gasteiger partial charge < -0.3 is 10.4 Å². The summed E-state index contributed by atoms with van der Waals surface area (Å²) in [7, 11) is 0. The van der Waals surface area contributed by atoms with Crippen molar-refractivity contribution in [1.82, 2.24) is 15.1 Å². The minimum atomic E-state index is -1.06. The van der Waals surface area contributed by atoms with Crippen molar-refractivity contribution in [2.24, 2.45) is 5.92 Å².